The zero-order chi connectivity index (χ0) is 76.2. The SMILES string of the molecule is CC(C)C[C@H](C(=O)NC1C(=O)NC(CC(N)=O)C(=O)NC2C(=O)N[C@H]3C(=O)N[C@H](C(=O)N[C@@H](C(=O)NCCCN(C)C)c4cc(O)cc(O)c4-c4cc3ccc4O)[C@H](O)c3ccc(c(Cl)c3)Oc3cc2cc(c3O[C@H]2O[C@H](CO)[C@@H](O)[C@H](O)[C@H]2O)Oc2ccc(cc2Cl)[C@H]1O)N(C)C(=O)OC(C)(C)C. The second-order valence-electron chi connectivity index (χ2n) is 27.1. The predicted molar refractivity (Wildman–Crippen MR) is 366 cm³/mol. The van der Waals surface area contributed by atoms with E-state index in [1.165, 1.54) is 19.2 Å². The van der Waals surface area contributed by atoms with Gasteiger partial charge in [-0.2, -0.15) is 0 Å². The van der Waals surface area contributed by atoms with Crippen LogP contribution in [0.5, 0.6) is 46.0 Å². The number of aliphatic hydroxyl groups is 6. The number of amides is 9. The average molecular weight is 1490 g/mol. The lowest BCUT2D eigenvalue weighted by atomic mass is 9.89. The molecule has 0 aromatic heterocycles. The molecule has 0 spiro atoms. The number of fused-ring (bicyclic) bond motifs is 15. The number of rotatable bonds is 15. The van der Waals surface area contributed by atoms with Gasteiger partial charge in [-0.3, -0.25) is 43.3 Å². The molecule has 9 amide bonds. The third kappa shape index (κ3) is 17.9. The van der Waals surface area contributed by atoms with Crippen molar-refractivity contribution in [3.63, 3.8) is 0 Å². The number of halogens is 2. The van der Waals surface area contributed by atoms with E-state index in [9.17, 15) is 65.1 Å². The van der Waals surface area contributed by atoms with Crippen molar-refractivity contribution < 1.29 is 113 Å². The maximum absolute atomic E-state index is 16.0. The van der Waals surface area contributed by atoms with Crippen LogP contribution in [0.15, 0.2) is 78.9 Å². The average Bonchev–Trinajstić information content (AvgIpc) is 0.770. The van der Waals surface area contributed by atoms with Crippen LogP contribution in [0.3, 0.4) is 0 Å². The topological polar surface area (TPSA) is 499 Å². The fourth-order valence-electron chi connectivity index (χ4n) is 12.0. The molecule has 5 aromatic carbocycles. The Morgan fingerprint density at radius 2 is 1.27 bits per heavy atom. The Balaban J connectivity index is 1.29. The Morgan fingerprint density at radius 3 is 1.86 bits per heavy atom. The number of carbonyl (C=O) groups is 9. The molecule has 6 aliphatic rings. The first kappa shape index (κ1) is 78.3. The van der Waals surface area contributed by atoms with Crippen LogP contribution in [-0.2, 0) is 47.8 Å². The number of hydrogen-bond acceptors (Lipinski definition) is 24. The molecular weight excluding hydrogens is 1410 g/mol. The lowest BCUT2D eigenvalue weighted by Gasteiger charge is -2.39. The molecule has 6 aliphatic heterocycles. The third-order valence-electron chi connectivity index (χ3n) is 17.3. The Bertz CT molecular complexity index is 4140. The summed E-state index contributed by atoms with van der Waals surface area (Å²) in [6, 6.07) is -0.546. The highest BCUT2D eigenvalue weighted by Gasteiger charge is 2.47. The van der Waals surface area contributed by atoms with Crippen molar-refractivity contribution in [2.24, 2.45) is 11.7 Å². The Labute approximate surface area is 604 Å². The number of aromatic hydroxyl groups is 3. The highest BCUT2D eigenvalue weighted by atomic mass is 35.5. The Kier molecular flexibility index (Phi) is 24.5. The van der Waals surface area contributed by atoms with Gasteiger partial charge in [-0.25, -0.2) is 4.79 Å². The van der Waals surface area contributed by atoms with Crippen LogP contribution >= 0.6 is 23.2 Å². The molecule has 33 nitrogen and oxygen atoms in total. The molecule has 5 aromatic rings. The van der Waals surface area contributed by atoms with Crippen LogP contribution in [-0.4, -0.2) is 210 Å². The van der Waals surface area contributed by atoms with Crippen LogP contribution in [0.4, 0.5) is 4.79 Å². The molecule has 104 heavy (non-hydrogen) atoms. The highest BCUT2D eigenvalue weighted by molar-refractivity contribution is 6.32. The van der Waals surface area contributed by atoms with Gasteiger partial charge >= 0.3 is 6.09 Å². The third-order valence-corrected chi connectivity index (χ3v) is 17.9. The van der Waals surface area contributed by atoms with E-state index in [4.69, 9.17) is 52.6 Å². The van der Waals surface area contributed by atoms with Crippen molar-refractivity contribution in [3.05, 3.63) is 117 Å². The molecule has 0 saturated carbocycles. The molecule has 18 N–H and O–H groups in total. The number of hydrogen-bond donors (Lipinski definition) is 17. The van der Waals surface area contributed by atoms with Crippen LogP contribution in [0.25, 0.3) is 11.1 Å². The molecule has 11 rings (SSSR count). The molecule has 1 saturated heterocycles. The normalized spacial score (nSPS) is 24.6. The molecule has 14 atom stereocenters. The number of aliphatic hydroxyl groups excluding tert-OH is 6. The van der Waals surface area contributed by atoms with Crippen molar-refractivity contribution in [2.45, 2.75) is 145 Å². The highest BCUT2D eigenvalue weighted by Crippen LogP contribution is 2.49. The Hall–Kier alpha value is -9.81. The van der Waals surface area contributed by atoms with Gasteiger partial charge in [-0.15, -0.1) is 0 Å². The number of primary amides is 1. The van der Waals surface area contributed by atoms with E-state index in [1.807, 2.05) is 4.90 Å². The van der Waals surface area contributed by atoms with E-state index in [1.54, 1.807) is 48.7 Å². The van der Waals surface area contributed by atoms with E-state index in [-0.39, 0.29) is 58.2 Å². The smallest absolute Gasteiger partial charge is 0.410 e. The number of phenols is 3. The standard InChI is InChI=1S/C69H82Cl2N10O23/c1-28(2)18-39(81(8)68(99)104-69(3,4)5)61(93)78-52-54(87)30-11-14-42(36(70)20-30)100-44-22-32-23-45(59(44)103-67-58(91)57(90)56(89)46(27-82)102-67)101-43-15-12-31(21-37(43)71)55(88)53-66(98)77-51(62(94)73-16-9-17-80(6)7)35-24-33(83)25-41(85)48(35)34-19-29(10-13-40(34)84)49(63(95)79-53)76-64(96)50(32)75-60(92)38(26-47(72)86)74-65(52)97/h10-15,19-25,28,38-39,46,49-58,67,82-85,87-91H,9,16-18,26-27H2,1-8H3,(H2,72,86)(H,73,94)(H,74,97)(H,75,92)(H,76,96)(H,77,98)(H,78,93)(H,79,95)/t38?,39-,46-,49-,50?,51-,52?,53+,54-,55-,56-,57+,58-,67-/m1/s1. The van der Waals surface area contributed by atoms with Gasteiger partial charge in [-0.1, -0.05) is 55.2 Å². The molecule has 6 heterocycles. The molecule has 0 radical (unpaired) electrons. The van der Waals surface area contributed by atoms with E-state index in [0.29, 0.717) is 13.0 Å². The van der Waals surface area contributed by atoms with Gasteiger partial charge in [0, 0.05) is 30.8 Å². The first-order valence-electron chi connectivity index (χ1n) is 32.8. The molecule has 3 unspecified atom stereocenters. The van der Waals surface area contributed by atoms with Crippen LogP contribution in [0.2, 0.25) is 10.0 Å². The number of ether oxygens (including phenoxy) is 5. The summed E-state index contributed by atoms with van der Waals surface area (Å²) in [4.78, 5) is 136. The monoisotopic (exact) mass is 1490 g/mol. The molecule has 560 valence electrons. The van der Waals surface area contributed by atoms with Gasteiger partial charge in [0.1, 0.15) is 113 Å². The molecule has 11 bridgehead atoms. The lowest BCUT2D eigenvalue weighted by molar-refractivity contribution is -0.277. The summed E-state index contributed by atoms with van der Waals surface area (Å²) in [6.45, 7) is 7.76. The quantitative estimate of drug-likeness (QED) is 0.0660. The molecule has 35 heteroatoms. The number of likely N-dealkylation sites (N-methyl/N-ethyl adjacent to an activating group) is 1. The second-order valence-corrected chi connectivity index (χ2v) is 27.9. The summed E-state index contributed by atoms with van der Waals surface area (Å²) in [5, 5.41) is 120. The van der Waals surface area contributed by atoms with Crippen LogP contribution in [0.1, 0.15) is 112 Å². The minimum absolute atomic E-state index is 0.00597. The summed E-state index contributed by atoms with van der Waals surface area (Å²) in [7, 11) is 4.85. The summed E-state index contributed by atoms with van der Waals surface area (Å²) < 4.78 is 30.7. The van der Waals surface area contributed by atoms with Gasteiger partial charge < -0.3 is 117 Å². The number of benzene rings is 5. The minimum Gasteiger partial charge on any atom is -0.508 e. The van der Waals surface area contributed by atoms with Crippen LogP contribution in [0, 0.1) is 5.92 Å². The number of nitrogens with zero attached hydrogens (tertiary/aromatic N) is 2. The summed E-state index contributed by atoms with van der Waals surface area (Å²) in [6.07, 6.45) is -16.0. The number of phenolic OH excluding ortho intramolecular Hbond substituents is 3. The van der Waals surface area contributed by atoms with Gasteiger partial charge in [0.15, 0.2) is 11.5 Å². The van der Waals surface area contributed by atoms with Crippen molar-refractivity contribution >= 4 is 76.6 Å². The van der Waals surface area contributed by atoms with E-state index in [0.717, 1.165) is 71.6 Å². The van der Waals surface area contributed by atoms with Crippen molar-refractivity contribution in [2.75, 3.05) is 40.8 Å². The van der Waals surface area contributed by atoms with Crippen molar-refractivity contribution in [3.8, 4) is 57.1 Å². The van der Waals surface area contributed by atoms with Gasteiger partial charge in [0.2, 0.25) is 59.3 Å². The lowest BCUT2D eigenvalue weighted by Crippen LogP contribution is -2.60. The molecule has 1 fully saturated rings. The summed E-state index contributed by atoms with van der Waals surface area (Å²) >= 11 is 14.1. The zero-order valence-corrected chi connectivity index (χ0v) is 58.9. The Morgan fingerprint density at radius 1 is 0.673 bits per heavy atom. The zero-order valence-electron chi connectivity index (χ0n) is 57.4. The predicted octanol–water partition coefficient (Wildman–Crippen LogP) is 1.50. The van der Waals surface area contributed by atoms with Gasteiger partial charge in [0.05, 0.1) is 23.1 Å². The van der Waals surface area contributed by atoms with Crippen LogP contribution < -0.4 is 57.2 Å². The maximum atomic E-state index is 16.0. The van der Waals surface area contributed by atoms with E-state index < -0.39 is 213 Å². The largest absolute Gasteiger partial charge is 0.508 e. The maximum Gasteiger partial charge on any atom is 0.410 e. The first-order valence-corrected chi connectivity index (χ1v) is 33.5. The van der Waals surface area contributed by atoms with Gasteiger partial charge in [-0.05, 0) is 143 Å². The second kappa shape index (κ2) is 32.5. The summed E-state index contributed by atoms with van der Waals surface area (Å²) in [5.41, 5.74) is 2.32. The van der Waals surface area contributed by atoms with E-state index >= 15 is 24.0 Å². The molecular formula is C69H82Cl2N10O23. The number of nitrogens with one attached hydrogen (secondary N) is 7. The number of nitrogens with two attached hydrogens (primary N) is 1. The summed E-state index contributed by atoms with van der Waals surface area (Å²) in [5.74, 6) is -15.3. The van der Waals surface area contributed by atoms with E-state index in [2.05, 4.69) is 37.2 Å². The molecule has 0 aliphatic carbocycles. The fourth-order valence-corrected chi connectivity index (χ4v) is 12.4. The number of carbonyl (C=O) groups excluding carboxylic acids is 9. The fraction of sp³-hybridized carbons (Fsp3) is 0.435. The van der Waals surface area contributed by atoms with Gasteiger partial charge in [0.25, 0.3) is 0 Å². The minimum atomic E-state index is -2.35. The first-order chi connectivity index (χ1) is 48.9. The van der Waals surface area contributed by atoms with Crippen molar-refractivity contribution in [1.82, 2.24) is 47.0 Å². The van der Waals surface area contributed by atoms with Crippen molar-refractivity contribution in [1.29, 1.82) is 0 Å².